The molecule has 0 amide bonds. The first-order valence-electron chi connectivity index (χ1n) is 10.7. The fraction of sp³-hybridized carbons (Fsp3) is 0.240. The molecule has 0 unspecified atom stereocenters. The molecule has 5 rings (SSSR count). The molecule has 0 N–H and O–H groups in total. The Morgan fingerprint density at radius 1 is 0.906 bits per heavy atom. The molecule has 1 aliphatic heterocycles. The number of aryl methyl sites for hydroxylation is 1. The lowest BCUT2D eigenvalue weighted by molar-refractivity contribution is 0.413. The first-order valence-corrected chi connectivity index (χ1v) is 10.7. The van der Waals surface area contributed by atoms with Crippen LogP contribution in [0.25, 0.3) is 22.8 Å². The van der Waals surface area contributed by atoms with Gasteiger partial charge in [0.2, 0.25) is 5.82 Å². The molecule has 0 bridgehead atoms. The largest absolute Gasteiger partial charge is 0.495 e. The van der Waals surface area contributed by atoms with Crippen molar-refractivity contribution in [1.29, 1.82) is 0 Å². The topological polar surface area (TPSA) is 67.5 Å². The molecular formula is C25H25N5O2. The third-order valence-corrected chi connectivity index (χ3v) is 5.72. The Hall–Kier alpha value is -3.87. The molecule has 7 nitrogen and oxygen atoms in total. The number of nitrogens with zero attached hydrogens (tertiary/aromatic N) is 5. The number of piperazine rings is 1. The predicted molar refractivity (Wildman–Crippen MR) is 125 cm³/mol. The summed E-state index contributed by atoms with van der Waals surface area (Å²) in [5, 5.41) is 4.21. The van der Waals surface area contributed by atoms with Crippen molar-refractivity contribution < 1.29 is 9.26 Å². The summed E-state index contributed by atoms with van der Waals surface area (Å²) in [6.07, 6.45) is 1.81. The van der Waals surface area contributed by atoms with Gasteiger partial charge in [0.05, 0.1) is 18.4 Å². The first-order chi connectivity index (χ1) is 15.7. The van der Waals surface area contributed by atoms with Crippen LogP contribution in [0.4, 0.5) is 11.5 Å². The Labute approximate surface area is 187 Å². The van der Waals surface area contributed by atoms with Crippen LogP contribution >= 0.6 is 0 Å². The molecule has 1 fully saturated rings. The van der Waals surface area contributed by atoms with Crippen LogP contribution in [0.5, 0.6) is 5.75 Å². The van der Waals surface area contributed by atoms with Crippen molar-refractivity contribution in [3.8, 4) is 28.6 Å². The zero-order valence-corrected chi connectivity index (χ0v) is 18.2. The van der Waals surface area contributed by atoms with E-state index in [9.17, 15) is 0 Å². The standard InChI is InChI=1S/C25H25N5O2/c1-18-7-5-8-19(17-18)23-27-25(32-28-23)20-9-6-12-26-24(20)30-15-13-29(14-16-30)21-10-3-4-11-22(21)31-2/h3-12,17H,13-16H2,1-2H3. The number of methoxy groups -OCH3 is 1. The average molecular weight is 428 g/mol. The SMILES string of the molecule is COc1ccccc1N1CCN(c2ncccc2-c2nc(-c3cccc(C)c3)no2)CC1. The molecule has 1 aliphatic rings. The van der Waals surface area contributed by atoms with Crippen LogP contribution in [0.1, 0.15) is 5.56 Å². The monoisotopic (exact) mass is 427 g/mol. The number of pyridine rings is 1. The Balaban J connectivity index is 1.37. The minimum absolute atomic E-state index is 0.483. The smallest absolute Gasteiger partial charge is 0.261 e. The quantitative estimate of drug-likeness (QED) is 0.466. The first kappa shape index (κ1) is 20.1. The highest BCUT2D eigenvalue weighted by molar-refractivity contribution is 5.72. The lowest BCUT2D eigenvalue weighted by Gasteiger charge is -2.37. The van der Waals surface area contributed by atoms with Crippen LogP contribution in [-0.2, 0) is 0 Å². The summed E-state index contributed by atoms with van der Waals surface area (Å²) < 4.78 is 11.2. The third kappa shape index (κ3) is 3.89. The van der Waals surface area contributed by atoms with Crippen molar-refractivity contribution in [3.63, 3.8) is 0 Å². The van der Waals surface area contributed by atoms with E-state index < -0.39 is 0 Å². The van der Waals surface area contributed by atoms with E-state index >= 15 is 0 Å². The lowest BCUT2D eigenvalue weighted by Crippen LogP contribution is -2.47. The van der Waals surface area contributed by atoms with Gasteiger partial charge in [-0.15, -0.1) is 0 Å². The van der Waals surface area contributed by atoms with Crippen LogP contribution in [0.3, 0.4) is 0 Å². The maximum Gasteiger partial charge on any atom is 0.261 e. The second kappa shape index (κ2) is 8.70. The maximum atomic E-state index is 5.64. The Morgan fingerprint density at radius 3 is 2.53 bits per heavy atom. The second-order valence-electron chi connectivity index (χ2n) is 7.81. The van der Waals surface area contributed by atoms with Crippen molar-refractivity contribution in [1.82, 2.24) is 15.1 Å². The van der Waals surface area contributed by atoms with E-state index in [0.29, 0.717) is 11.7 Å². The van der Waals surface area contributed by atoms with E-state index in [2.05, 4.69) is 37.1 Å². The van der Waals surface area contributed by atoms with Crippen molar-refractivity contribution in [2.24, 2.45) is 0 Å². The van der Waals surface area contributed by atoms with Gasteiger partial charge < -0.3 is 19.1 Å². The molecular weight excluding hydrogens is 402 g/mol. The summed E-state index contributed by atoms with van der Waals surface area (Å²) >= 11 is 0. The zero-order valence-electron chi connectivity index (χ0n) is 18.2. The summed E-state index contributed by atoms with van der Waals surface area (Å²) in [5.74, 6) is 2.83. The van der Waals surface area contributed by atoms with Gasteiger partial charge in [-0.2, -0.15) is 4.98 Å². The fourth-order valence-electron chi connectivity index (χ4n) is 4.10. The molecule has 162 valence electrons. The van der Waals surface area contributed by atoms with Gasteiger partial charge in [-0.3, -0.25) is 0 Å². The van der Waals surface area contributed by atoms with E-state index in [1.165, 1.54) is 0 Å². The Morgan fingerprint density at radius 2 is 1.72 bits per heavy atom. The highest BCUT2D eigenvalue weighted by Gasteiger charge is 2.24. The molecule has 0 spiro atoms. The summed E-state index contributed by atoms with van der Waals surface area (Å²) in [6.45, 7) is 5.46. The molecule has 0 aliphatic carbocycles. The van der Waals surface area contributed by atoms with E-state index in [1.807, 2.05) is 61.7 Å². The summed E-state index contributed by atoms with van der Waals surface area (Å²) in [6, 6.07) is 20.1. The van der Waals surface area contributed by atoms with E-state index in [-0.39, 0.29) is 0 Å². The highest BCUT2D eigenvalue weighted by Crippen LogP contribution is 2.32. The molecule has 0 saturated carbocycles. The molecule has 7 heteroatoms. The van der Waals surface area contributed by atoms with Gasteiger partial charge in [0.1, 0.15) is 11.6 Å². The molecule has 2 aromatic heterocycles. The van der Waals surface area contributed by atoms with Crippen molar-refractivity contribution in [2.75, 3.05) is 43.1 Å². The summed E-state index contributed by atoms with van der Waals surface area (Å²) in [5.41, 5.74) is 4.07. The molecule has 3 heterocycles. The van der Waals surface area contributed by atoms with Gasteiger partial charge >= 0.3 is 0 Å². The molecule has 0 atom stereocenters. The van der Waals surface area contributed by atoms with Crippen molar-refractivity contribution in [3.05, 3.63) is 72.4 Å². The van der Waals surface area contributed by atoms with Crippen LogP contribution in [0, 0.1) is 6.92 Å². The Kier molecular flexibility index (Phi) is 5.46. The molecule has 2 aromatic carbocycles. The Bertz CT molecular complexity index is 1210. The van der Waals surface area contributed by atoms with Crippen LogP contribution < -0.4 is 14.5 Å². The molecule has 1 saturated heterocycles. The number of hydrogen-bond acceptors (Lipinski definition) is 7. The summed E-state index contributed by atoms with van der Waals surface area (Å²) in [4.78, 5) is 13.9. The molecule has 4 aromatic rings. The average Bonchev–Trinajstić information content (AvgIpc) is 3.34. The van der Waals surface area contributed by atoms with Crippen molar-refractivity contribution in [2.45, 2.75) is 6.92 Å². The number of aromatic nitrogens is 3. The molecule has 0 radical (unpaired) electrons. The second-order valence-corrected chi connectivity index (χ2v) is 7.81. The van der Waals surface area contributed by atoms with Crippen LogP contribution in [0.2, 0.25) is 0 Å². The zero-order chi connectivity index (χ0) is 21.9. The number of benzene rings is 2. The maximum absolute atomic E-state index is 5.64. The van der Waals surface area contributed by atoms with Gasteiger partial charge in [-0.1, -0.05) is 41.1 Å². The minimum atomic E-state index is 0.483. The van der Waals surface area contributed by atoms with Crippen molar-refractivity contribution >= 4 is 11.5 Å². The van der Waals surface area contributed by atoms with E-state index in [4.69, 9.17) is 9.26 Å². The molecule has 32 heavy (non-hydrogen) atoms. The van der Waals surface area contributed by atoms with Gasteiger partial charge in [-0.05, 0) is 37.3 Å². The minimum Gasteiger partial charge on any atom is -0.495 e. The normalized spacial score (nSPS) is 13.9. The van der Waals surface area contributed by atoms with Gasteiger partial charge in [0.15, 0.2) is 0 Å². The van der Waals surface area contributed by atoms with E-state index in [0.717, 1.165) is 60.1 Å². The highest BCUT2D eigenvalue weighted by atomic mass is 16.5. The van der Waals surface area contributed by atoms with Gasteiger partial charge in [-0.25, -0.2) is 4.98 Å². The number of ether oxygens (including phenoxy) is 1. The fourth-order valence-corrected chi connectivity index (χ4v) is 4.10. The third-order valence-electron chi connectivity index (χ3n) is 5.72. The number of rotatable bonds is 5. The number of para-hydroxylation sites is 2. The van der Waals surface area contributed by atoms with Crippen LogP contribution in [0.15, 0.2) is 71.4 Å². The van der Waals surface area contributed by atoms with Crippen LogP contribution in [-0.4, -0.2) is 48.4 Å². The van der Waals surface area contributed by atoms with Gasteiger partial charge in [0, 0.05) is 37.9 Å². The van der Waals surface area contributed by atoms with Gasteiger partial charge in [0.25, 0.3) is 5.89 Å². The number of hydrogen-bond donors (Lipinski definition) is 0. The summed E-state index contributed by atoms with van der Waals surface area (Å²) in [7, 11) is 1.71. The van der Waals surface area contributed by atoms with E-state index in [1.54, 1.807) is 7.11 Å². The number of anilines is 2. The lowest BCUT2D eigenvalue weighted by atomic mass is 10.1. The predicted octanol–water partition coefficient (Wildman–Crippen LogP) is 4.44.